The van der Waals surface area contributed by atoms with Crippen molar-refractivity contribution < 1.29 is 4.79 Å². The first kappa shape index (κ1) is 14.5. The number of benzene rings is 1. The van der Waals surface area contributed by atoms with E-state index in [2.05, 4.69) is 28.3 Å². The fourth-order valence-corrected chi connectivity index (χ4v) is 3.86. The number of nitrogens with zero attached hydrogens (tertiary/aromatic N) is 4. The quantitative estimate of drug-likeness (QED) is 0.872. The third-order valence-corrected chi connectivity index (χ3v) is 5.00. The van der Waals surface area contributed by atoms with Crippen LogP contribution in [0.1, 0.15) is 30.0 Å². The van der Waals surface area contributed by atoms with Crippen molar-refractivity contribution in [1.82, 2.24) is 14.7 Å². The maximum absolute atomic E-state index is 12.8. The SMILES string of the molecule is Cn1cc(C2CCCN2CC(=O)N2CCc3ccccc32)cn1. The van der Waals surface area contributed by atoms with Gasteiger partial charge in [-0.25, -0.2) is 0 Å². The number of carbonyl (C=O) groups is 1. The maximum Gasteiger partial charge on any atom is 0.241 e. The smallest absolute Gasteiger partial charge is 0.241 e. The highest BCUT2D eigenvalue weighted by Crippen LogP contribution is 2.32. The molecule has 2 aliphatic rings. The Balaban J connectivity index is 1.48. The van der Waals surface area contributed by atoms with E-state index < -0.39 is 0 Å². The van der Waals surface area contributed by atoms with E-state index in [-0.39, 0.29) is 5.91 Å². The van der Waals surface area contributed by atoms with Crippen LogP contribution in [0.2, 0.25) is 0 Å². The summed E-state index contributed by atoms with van der Waals surface area (Å²) in [5.74, 6) is 0.214. The highest BCUT2D eigenvalue weighted by atomic mass is 16.2. The molecular formula is C18H22N4O. The Bertz CT molecular complexity index is 723. The van der Waals surface area contributed by atoms with Gasteiger partial charge in [-0.1, -0.05) is 18.2 Å². The molecular weight excluding hydrogens is 288 g/mol. The molecule has 0 saturated carbocycles. The monoisotopic (exact) mass is 310 g/mol. The van der Waals surface area contributed by atoms with Gasteiger partial charge in [-0.3, -0.25) is 14.4 Å². The van der Waals surface area contributed by atoms with Crippen LogP contribution >= 0.6 is 0 Å². The highest BCUT2D eigenvalue weighted by Gasteiger charge is 2.31. The minimum Gasteiger partial charge on any atom is -0.311 e. The zero-order chi connectivity index (χ0) is 15.8. The third kappa shape index (κ3) is 2.65. The second-order valence-electron chi connectivity index (χ2n) is 6.50. The number of carbonyl (C=O) groups excluding carboxylic acids is 1. The van der Waals surface area contributed by atoms with Crippen molar-refractivity contribution in [3.63, 3.8) is 0 Å². The number of rotatable bonds is 3. The van der Waals surface area contributed by atoms with Crippen molar-refractivity contribution in [3.8, 4) is 0 Å². The minimum absolute atomic E-state index is 0.214. The molecule has 23 heavy (non-hydrogen) atoms. The van der Waals surface area contributed by atoms with E-state index in [0.717, 1.165) is 38.0 Å². The molecule has 0 bridgehead atoms. The highest BCUT2D eigenvalue weighted by molar-refractivity contribution is 5.96. The predicted molar refractivity (Wildman–Crippen MR) is 89.3 cm³/mol. The number of para-hydroxylation sites is 1. The molecule has 3 heterocycles. The van der Waals surface area contributed by atoms with Crippen LogP contribution in [-0.2, 0) is 18.3 Å². The fourth-order valence-electron chi connectivity index (χ4n) is 3.86. The van der Waals surface area contributed by atoms with E-state index in [0.29, 0.717) is 12.6 Å². The Morgan fingerprint density at radius 1 is 1.30 bits per heavy atom. The van der Waals surface area contributed by atoms with Crippen LogP contribution in [-0.4, -0.2) is 40.2 Å². The number of hydrogen-bond donors (Lipinski definition) is 0. The van der Waals surface area contributed by atoms with E-state index >= 15 is 0 Å². The second kappa shape index (κ2) is 5.81. The molecule has 1 aromatic carbocycles. The van der Waals surface area contributed by atoms with E-state index in [1.165, 1.54) is 11.1 Å². The van der Waals surface area contributed by atoms with Gasteiger partial charge in [0.2, 0.25) is 5.91 Å². The van der Waals surface area contributed by atoms with Crippen molar-refractivity contribution in [2.24, 2.45) is 7.05 Å². The number of anilines is 1. The van der Waals surface area contributed by atoms with Crippen molar-refractivity contribution >= 4 is 11.6 Å². The largest absolute Gasteiger partial charge is 0.311 e. The summed E-state index contributed by atoms with van der Waals surface area (Å²) < 4.78 is 1.84. The molecule has 1 unspecified atom stereocenters. The summed E-state index contributed by atoms with van der Waals surface area (Å²) in [4.78, 5) is 17.1. The first-order chi connectivity index (χ1) is 11.2. The molecule has 0 spiro atoms. The molecule has 4 rings (SSSR count). The summed E-state index contributed by atoms with van der Waals surface area (Å²) in [7, 11) is 1.94. The molecule has 5 heteroatoms. The number of aromatic nitrogens is 2. The van der Waals surface area contributed by atoms with Crippen molar-refractivity contribution in [2.45, 2.75) is 25.3 Å². The molecule has 5 nitrogen and oxygen atoms in total. The van der Waals surface area contributed by atoms with E-state index in [1.807, 2.05) is 35.0 Å². The molecule has 1 amide bonds. The summed E-state index contributed by atoms with van der Waals surface area (Å²) in [6.07, 6.45) is 7.21. The van der Waals surface area contributed by atoms with Gasteiger partial charge < -0.3 is 4.90 Å². The summed E-state index contributed by atoms with van der Waals surface area (Å²) in [6, 6.07) is 8.56. The molecule has 120 valence electrons. The van der Waals surface area contributed by atoms with Gasteiger partial charge in [0.1, 0.15) is 0 Å². The predicted octanol–water partition coefficient (Wildman–Crippen LogP) is 2.15. The molecule has 2 aromatic rings. The maximum atomic E-state index is 12.8. The van der Waals surface area contributed by atoms with Gasteiger partial charge in [0.25, 0.3) is 0 Å². The van der Waals surface area contributed by atoms with Crippen LogP contribution in [0.5, 0.6) is 0 Å². The van der Waals surface area contributed by atoms with Gasteiger partial charge in [0, 0.05) is 37.1 Å². The molecule has 0 N–H and O–H groups in total. The van der Waals surface area contributed by atoms with Gasteiger partial charge >= 0.3 is 0 Å². The van der Waals surface area contributed by atoms with Gasteiger partial charge in [0.05, 0.1) is 12.7 Å². The normalized spacial score (nSPS) is 20.9. The summed E-state index contributed by atoms with van der Waals surface area (Å²) in [5.41, 5.74) is 3.60. The second-order valence-corrected chi connectivity index (χ2v) is 6.50. The standard InChI is InChI=1S/C18H22N4O/c1-20-12-15(11-19-20)16-7-4-9-21(16)13-18(23)22-10-8-14-5-2-3-6-17(14)22/h2-3,5-6,11-12,16H,4,7-10,13H2,1H3. The molecule has 1 fully saturated rings. The third-order valence-electron chi connectivity index (χ3n) is 5.00. The molecule has 0 aliphatic carbocycles. The average Bonchev–Trinajstić information content (AvgIpc) is 3.25. The van der Waals surface area contributed by atoms with Crippen molar-refractivity contribution in [2.75, 3.05) is 24.5 Å². The Labute approximate surface area is 136 Å². The van der Waals surface area contributed by atoms with E-state index in [9.17, 15) is 4.79 Å². The first-order valence-corrected chi connectivity index (χ1v) is 8.33. The summed E-state index contributed by atoms with van der Waals surface area (Å²) in [5, 5.41) is 4.28. The van der Waals surface area contributed by atoms with Gasteiger partial charge in [-0.15, -0.1) is 0 Å². The number of aryl methyl sites for hydroxylation is 1. The van der Waals surface area contributed by atoms with Crippen LogP contribution in [0.15, 0.2) is 36.7 Å². The fraction of sp³-hybridized carbons (Fsp3) is 0.444. The topological polar surface area (TPSA) is 41.4 Å². The zero-order valence-corrected chi connectivity index (χ0v) is 13.5. The number of hydrogen-bond acceptors (Lipinski definition) is 3. The van der Waals surface area contributed by atoms with Gasteiger partial charge in [-0.05, 0) is 37.4 Å². The van der Waals surface area contributed by atoms with Crippen LogP contribution in [0, 0.1) is 0 Å². The molecule has 2 aliphatic heterocycles. The molecule has 1 aromatic heterocycles. The van der Waals surface area contributed by atoms with E-state index in [1.54, 1.807) is 0 Å². The first-order valence-electron chi connectivity index (χ1n) is 8.33. The van der Waals surface area contributed by atoms with Crippen molar-refractivity contribution in [1.29, 1.82) is 0 Å². The van der Waals surface area contributed by atoms with Crippen LogP contribution in [0.25, 0.3) is 0 Å². The van der Waals surface area contributed by atoms with Crippen molar-refractivity contribution in [3.05, 3.63) is 47.8 Å². The Kier molecular flexibility index (Phi) is 3.65. The van der Waals surface area contributed by atoms with Crippen LogP contribution in [0.4, 0.5) is 5.69 Å². The zero-order valence-electron chi connectivity index (χ0n) is 13.5. The average molecular weight is 310 g/mol. The van der Waals surface area contributed by atoms with Crippen LogP contribution < -0.4 is 4.90 Å². The summed E-state index contributed by atoms with van der Waals surface area (Å²) >= 11 is 0. The number of fused-ring (bicyclic) bond motifs is 1. The molecule has 1 saturated heterocycles. The minimum atomic E-state index is 0.214. The number of likely N-dealkylation sites (tertiary alicyclic amines) is 1. The van der Waals surface area contributed by atoms with Gasteiger partial charge in [-0.2, -0.15) is 5.10 Å². The lowest BCUT2D eigenvalue weighted by molar-refractivity contribution is -0.119. The Morgan fingerprint density at radius 3 is 3.00 bits per heavy atom. The Morgan fingerprint density at radius 2 is 2.17 bits per heavy atom. The lowest BCUT2D eigenvalue weighted by atomic mass is 10.1. The van der Waals surface area contributed by atoms with Crippen LogP contribution in [0.3, 0.4) is 0 Å². The molecule has 1 atom stereocenters. The molecule has 0 radical (unpaired) electrons. The lowest BCUT2D eigenvalue weighted by Gasteiger charge is -2.26. The Hall–Kier alpha value is -2.14. The summed E-state index contributed by atoms with van der Waals surface area (Å²) in [6.45, 7) is 2.29. The van der Waals surface area contributed by atoms with Gasteiger partial charge in [0.15, 0.2) is 0 Å². The van der Waals surface area contributed by atoms with E-state index in [4.69, 9.17) is 0 Å². The lowest BCUT2D eigenvalue weighted by Crippen LogP contribution is -2.39. The number of amides is 1.